The summed E-state index contributed by atoms with van der Waals surface area (Å²) in [5.41, 5.74) is 3.37. The van der Waals surface area contributed by atoms with Crippen LogP contribution in [0, 0.1) is 5.82 Å². The molecule has 1 N–H and O–H groups in total. The van der Waals surface area contributed by atoms with Crippen LogP contribution in [-0.4, -0.2) is 54.7 Å². The summed E-state index contributed by atoms with van der Waals surface area (Å²) in [4.78, 5) is 24.3. The minimum atomic E-state index is -0.457. The SMILES string of the molecule is CC1(CN2CCC(NCc3cnc4snnc4c3)CC2)Cn2c(=O)ccc3ncc(F)c1c32. The van der Waals surface area contributed by atoms with Crippen LogP contribution in [0.25, 0.3) is 21.4 Å². The molecule has 0 radical (unpaired) electrons. The largest absolute Gasteiger partial charge is 0.310 e. The summed E-state index contributed by atoms with van der Waals surface area (Å²) in [6.07, 6.45) is 5.21. The number of aromatic nitrogens is 5. The smallest absolute Gasteiger partial charge is 0.251 e. The zero-order chi connectivity index (χ0) is 22.6. The van der Waals surface area contributed by atoms with Gasteiger partial charge in [-0.1, -0.05) is 11.4 Å². The Balaban J connectivity index is 1.11. The van der Waals surface area contributed by atoms with E-state index in [1.807, 2.05) is 12.3 Å². The van der Waals surface area contributed by atoms with Crippen LogP contribution in [0.15, 0.2) is 35.4 Å². The first-order valence-electron chi connectivity index (χ1n) is 11.2. The number of hydrogen-bond acceptors (Lipinski definition) is 8. The number of halogens is 1. The molecule has 1 unspecified atom stereocenters. The van der Waals surface area contributed by atoms with Crippen molar-refractivity contribution in [2.45, 2.75) is 44.3 Å². The van der Waals surface area contributed by atoms with Gasteiger partial charge in [-0.25, -0.2) is 9.37 Å². The summed E-state index contributed by atoms with van der Waals surface area (Å²) >= 11 is 1.31. The summed E-state index contributed by atoms with van der Waals surface area (Å²) in [5.74, 6) is -0.320. The van der Waals surface area contributed by atoms with Gasteiger partial charge in [-0.15, -0.1) is 5.10 Å². The highest BCUT2D eigenvalue weighted by Gasteiger charge is 2.41. The van der Waals surface area contributed by atoms with E-state index in [1.165, 1.54) is 23.8 Å². The average Bonchev–Trinajstić information content (AvgIpc) is 3.40. The Labute approximate surface area is 193 Å². The van der Waals surface area contributed by atoms with Gasteiger partial charge in [0.1, 0.15) is 11.3 Å². The van der Waals surface area contributed by atoms with Crippen LogP contribution < -0.4 is 10.9 Å². The third-order valence-electron chi connectivity index (χ3n) is 6.99. The van der Waals surface area contributed by atoms with E-state index in [0.717, 1.165) is 48.4 Å². The molecule has 0 spiro atoms. The number of nitrogens with one attached hydrogen (secondary N) is 1. The van der Waals surface area contributed by atoms with E-state index in [2.05, 4.69) is 36.7 Å². The molecule has 2 aliphatic rings. The Bertz CT molecular complexity index is 1410. The fourth-order valence-electron chi connectivity index (χ4n) is 5.40. The molecule has 0 bridgehead atoms. The first-order valence-corrected chi connectivity index (χ1v) is 12.0. The van der Waals surface area contributed by atoms with Gasteiger partial charge in [-0.3, -0.25) is 9.78 Å². The maximum absolute atomic E-state index is 14.9. The van der Waals surface area contributed by atoms with Gasteiger partial charge in [-0.05, 0) is 43.6 Å². The van der Waals surface area contributed by atoms with E-state index in [9.17, 15) is 9.18 Å². The van der Waals surface area contributed by atoms with E-state index < -0.39 is 5.41 Å². The lowest BCUT2D eigenvalue weighted by atomic mass is 9.83. The molecule has 0 aromatic carbocycles. The summed E-state index contributed by atoms with van der Waals surface area (Å²) in [6, 6.07) is 5.68. The molecule has 1 atom stereocenters. The zero-order valence-corrected chi connectivity index (χ0v) is 19.1. The Morgan fingerprint density at radius 2 is 2.06 bits per heavy atom. The van der Waals surface area contributed by atoms with E-state index >= 15 is 0 Å². The van der Waals surface area contributed by atoms with Crippen molar-refractivity contribution < 1.29 is 4.39 Å². The third-order valence-corrected chi connectivity index (χ3v) is 7.64. The van der Waals surface area contributed by atoms with Crippen LogP contribution in [0.2, 0.25) is 0 Å². The van der Waals surface area contributed by atoms with Crippen LogP contribution in [0.4, 0.5) is 4.39 Å². The Kier molecular flexibility index (Phi) is 4.97. The molecule has 10 heteroatoms. The minimum Gasteiger partial charge on any atom is -0.310 e. The lowest BCUT2D eigenvalue weighted by Crippen LogP contribution is -2.47. The van der Waals surface area contributed by atoms with Gasteiger partial charge in [0, 0.05) is 60.5 Å². The summed E-state index contributed by atoms with van der Waals surface area (Å²) in [7, 11) is 0. The van der Waals surface area contributed by atoms with Gasteiger partial charge in [0.05, 0.1) is 17.2 Å². The molecule has 1 fully saturated rings. The second kappa shape index (κ2) is 7.89. The lowest BCUT2D eigenvalue weighted by molar-refractivity contribution is 0.156. The molecule has 6 heterocycles. The Morgan fingerprint density at radius 1 is 1.21 bits per heavy atom. The number of likely N-dealkylation sites (tertiary alicyclic amines) is 1. The summed E-state index contributed by atoms with van der Waals surface area (Å²) in [6.45, 7) is 5.89. The van der Waals surface area contributed by atoms with Crippen LogP contribution in [-0.2, 0) is 18.5 Å². The fourth-order valence-corrected chi connectivity index (χ4v) is 5.90. The third kappa shape index (κ3) is 3.62. The molecular weight excluding hydrogens is 441 g/mol. The molecule has 0 aliphatic carbocycles. The van der Waals surface area contributed by atoms with Gasteiger partial charge in [0.15, 0.2) is 4.83 Å². The second-order valence-corrected chi connectivity index (χ2v) is 10.1. The van der Waals surface area contributed by atoms with Crippen molar-refractivity contribution >= 4 is 32.9 Å². The topological polar surface area (TPSA) is 88.8 Å². The highest BCUT2D eigenvalue weighted by Crippen LogP contribution is 2.39. The van der Waals surface area contributed by atoms with Crippen molar-refractivity contribution in [2.24, 2.45) is 0 Å². The average molecular weight is 466 g/mol. The first-order chi connectivity index (χ1) is 16.0. The summed E-state index contributed by atoms with van der Waals surface area (Å²) < 4.78 is 20.5. The number of nitrogens with zero attached hydrogens (tertiary/aromatic N) is 6. The molecular formula is C23H24FN7OS. The number of piperidine rings is 1. The van der Waals surface area contributed by atoms with Crippen LogP contribution >= 0.6 is 11.5 Å². The van der Waals surface area contributed by atoms with Crippen LogP contribution in [0.1, 0.15) is 30.9 Å². The van der Waals surface area contributed by atoms with Crippen LogP contribution in [0.5, 0.6) is 0 Å². The molecule has 4 aromatic rings. The Morgan fingerprint density at radius 3 is 2.91 bits per heavy atom. The van der Waals surface area contributed by atoms with Gasteiger partial charge in [-0.2, -0.15) is 0 Å². The predicted molar refractivity (Wildman–Crippen MR) is 125 cm³/mol. The quantitative estimate of drug-likeness (QED) is 0.484. The van der Waals surface area contributed by atoms with Gasteiger partial charge in [0.2, 0.25) is 0 Å². The fraction of sp³-hybridized carbons (Fsp3) is 0.435. The van der Waals surface area contributed by atoms with Crippen molar-refractivity contribution in [1.82, 2.24) is 34.3 Å². The van der Waals surface area contributed by atoms with Crippen molar-refractivity contribution in [3.05, 3.63) is 57.9 Å². The molecule has 1 saturated heterocycles. The minimum absolute atomic E-state index is 0.0936. The molecule has 8 nitrogen and oxygen atoms in total. The number of hydrogen-bond donors (Lipinski definition) is 1. The van der Waals surface area contributed by atoms with Crippen molar-refractivity contribution in [1.29, 1.82) is 0 Å². The monoisotopic (exact) mass is 465 g/mol. The summed E-state index contributed by atoms with van der Waals surface area (Å²) in [5, 5.41) is 7.74. The second-order valence-electron chi connectivity index (χ2n) is 9.41. The molecule has 6 rings (SSSR count). The molecule has 0 saturated carbocycles. The number of rotatable bonds is 5. The van der Waals surface area contributed by atoms with Crippen molar-refractivity contribution in [3.8, 4) is 0 Å². The molecule has 2 aliphatic heterocycles. The van der Waals surface area contributed by atoms with Crippen molar-refractivity contribution in [2.75, 3.05) is 19.6 Å². The molecule has 4 aromatic heterocycles. The highest BCUT2D eigenvalue weighted by molar-refractivity contribution is 7.12. The van der Waals surface area contributed by atoms with E-state index in [1.54, 1.807) is 10.6 Å². The molecule has 33 heavy (non-hydrogen) atoms. The number of fused-ring (bicyclic) bond motifs is 1. The first kappa shape index (κ1) is 20.8. The van der Waals surface area contributed by atoms with Crippen molar-refractivity contribution in [3.63, 3.8) is 0 Å². The van der Waals surface area contributed by atoms with Crippen LogP contribution in [0.3, 0.4) is 0 Å². The molecule has 0 amide bonds. The van der Waals surface area contributed by atoms with Gasteiger partial charge >= 0.3 is 0 Å². The normalized spacial score (nSPS) is 21.4. The van der Waals surface area contributed by atoms with Gasteiger partial charge < -0.3 is 14.8 Å². The standard InChI is InChI=1S/C23H24FN7OS/c1-23(13-31-19(32)3-2-17-21(31)20(23)16(24)11-26-17)12-30-6-4-15(5-7-30)25-9-14-8-18-22(27-10-14)33-29-28-18/h2-3,8,10-11,15,25H,4-7,9,12-13H2,1H3. The van der Waals surface area contributed by atoms with Gasteiger partial charge in [0.25, 0.3) is 5.56 Å². The van der Waals surface area contributed by atoms with E-state index in [0.29, 0.717) is 35.7 Å². The maximum Gasteiger partial charge on any atom is 0.251 e. The maximum atomic E-state index is 14.9. The molecule has 170 valence electrons. The van der Waals surface area contributed by atoms with E-state index in [-0.39, 0.29) is 11.4 Å². The zero-order valence-electron chi connectivity index (χ0n) is 18.3. The van der Waals surface area contributed by atoms with E-state index in [4.69, 9.17) is 0 Å². The Hall–Kier alpha value is -2.82. The number of pyridine rings is 3. The lowest BCUT2D eigenvalue weighted by Gasteiger charge is -2.38. The highest BCUT2D eigenvalue weighted by atomic mass is 32.1. The predicted octanol–water partition coefficient (Wildman–Crippen LogP) is 2.46.